The summed E-state index contributed by atoms with van der Waals surface area (Å²) in [6, 6.07) is 127. The predicted octanol–water partition coefficient (Wildman–Crippen LogP) is 25.4. The molecule has 0 amide bonds. The Kier molecular flexibility index (Phi) is 12.0. The molecule has 0 aliphatic carbocycles. The van der Waals surface area contributed by atoms with Crippen LogP contribution in [0.25, 0.3) is 186 Å². The highest BCUT2D eigenvalue weighted by Crippen LogP contribution is 2.49. The van der Waals surface area contributed by atoms with Gasteiger partial charge in [0.2, 0.25) is 0 Å². The summed E-state index contributed by atoms with van der Waals surface area (Å²) in [5.74, 6) is 0. The van der Waals surface area contributed by atoms with Crippen molar-refractivity contribution in [3.05, 3.63) is 340 Å². The van der Waals surface area contributed by atoms with Crippen molar-refractivity contribution in [2.75, 3.05) is 0 Å². The Morgan fingerprint density at radius 2 is 0.311 bits per heavy atom. The molecule has 0 radical (unpaired) electrons. The van der Waals surface area contributed by atoms with E-state index < -0.39 is 0 Å². The fourth-order valence-corrected chi connectivity index (χ4v) is 14.9. The van der Waals surface area contributed by atoms with E-state index in [4.69, 9.17) is 0 Å². The number of fused-ring (bicyclic) bond motifs is 15. The molecule has 90 heavy (non-hydrogen) atoms. The zero-order valence-electron chi connectivity index (χ0n) is 49.3. The van der Waals surface area contributed by atoms with E-state index in [0.717, 1.165) is 0 Å². The average Bonchev–Trinajstić information content (AvgIpc) is 0.724. The van der Waals surface area contributed by atoms with Gasteiger partial charge in [0.25, 0.3) is 0 Å². The van der Waals surface area contributed by atoms with Crippen LogP contribution < -0.4 is 0 Å². The highest BCUT2D eigenvalue weighted by atomic mass is 14.2. The van der Waals surface area contributed by atoms with Gasteiger partial charge < -0.3 is 0 Å². The summed E-state index contributed by atoms with van der Waals surface area (Å²) < 4.78 is 0. The second-order valence-corrected chi connectivity index (χ2v) is 24.2. The minimum atomic E-state index is 1.18. The van der Waals surface area contributed by atoms with Gasteiger partial charge in [-0.05, 0) is 234 Å². The van der Waals surface area contributed by atoms with E-state index in [9.17, 15) is 0 Å². The highest BCUT2D eigenvalue weighted by molar-refractivity contribution is 6.40. The number of hydrogen-bond acceptors (Lipinski definition) is 0. The van der Waals surface area contributed by atoms with Crippen molar-refractivity contribution in [2.45, 2.75) is 0 Å². The van der Waals surface area contributed by atoms with Gasteiger partial charge in [-0.3, -0.25) is 0 Å². The molecule has 0 bridgehead atoms. The van der Waals surface area contributed by atoms with Crippen LogP contribution >= 0.6 is 0 Å². The molecule has 0 aromatic heterocycles. The van der Waals surface area contributed by atoms with E-state index in [1.165, 1.54) is 186 Å². The van der Waals surface area contributed by atoms with Gasteiger partial charge >= 0.3 is 0 Å². The van der Waals surface area contributed by atoms with Crippen LogP contribution in [0.4, 0.5) is 0 Å². The van der Waals surface area contributed by atoms with Gasteiger partial charge in [-0.25, -0.2) is 0 Å². The lowest BCUT2D eigenvalue weighted by Crippen LogP contribution is -1.92. The minimum Gasteiger partial charge on any atom is -0.0616 e. The quantitative estimate of drug-likeness (QED) is 0.133. The van der Waals surface area contributed by atoms with E-state index in [0.29, 0.717) is 0 Å². The maximum Gasteiger partial charge on any atom is -0.00134 e. The lowest BCUT2D eigenvalue weighted by molar-refractivity contribution is 1.61. The van der Waals surface area contributed by atoms with Gasteiger partial charge in [0, 0.05) is 0 Å². The largest absolute Gasteiger partial charge is 0.0616 e. The molecule has 0 heteroatoms. The van der Waals surface area contributed by atoms with Crippen LogP contribution in [0.1, 0.15) is 0 Å². The zero-order chi connectivity index (χ0) is 59.2. The fraction of sp³-hybridized carbons (Fsp3) is 0. The smallest absolute Gasteiger partial charge is 0.00134 e. The first-order valence-corrected chi connectivity index (χ1v) is 31.3. The topological polar surface area (TPSA) is 0 Å². The summed E-state index contributed by atoms with van der Waals surface area (Å²) in [6.07, 6.45) is 0. The Balaban J connectivity index is 0.921. The molecule has 0 fully saturated rings. The van der Waals surface area contributed by atoms with E-state index >= 15 is 0 Å². The first-order chi connectivity index (χ1) is 44.6. The molecule has 416 valence electrons. The van der Waals surface area contributed by atoms with Crippen molar-refractivity contribution < 1.29 is 0 Å². The molecule has 0 spiro atoms. The van der Waals surface area contributed by atoms with Crippen LogP contribution in [0.15, 0.2) is 340 Å². The molecule has 0 atom stereocenters. The number of hydrogen-bond donors (Lipinski definition) is 0. The van der Waals surface area contributed by atoms with Crippen molar-refractivity contribution in [3.63, 3.8) is 0 Å². The monoisotopic (exact) mass is 1140 g/mol. The summed E-state index contributed by atoms with van der Waals surface area (Å²) in [6.45, 7) is 0. The van der Waals surface area contributed by atoms with E-state index in [1.807, 2.05) is 0 Å². The molecule has 18 aromatic carbocycles. The zero-order valence-corrected chi connectivity index (χ0v) is 49.3. The van der Waals surface area contributed by atoms with E-state index in [2.05, 4.69) is 340 Å². The van der Waals surface area contributed by atoms with Crippen LogP contribution in [0, 0.1) is 0 Å². The first kappa shape index (κ1) is 51.5. The molecule has 18 aromatic rings. The maximum atomic E-state index is 2.50. The highest BCUT2D eigenvalue weighted by Gasteiger charge is 2.21. The van der Waals surface area contributed by atoms with Crippen LogP contribution in [0.5, 0.6) is 0 Å². The molecule has 18 rings (SSSR count). The Labute approximate surface area is 522 Å². The molecular weight excluding hydrogens is 1080 g/mol. The third-order valence-electron chi connectivity index (χ3n) is 19.2. The lowest BCUT2D eigenvalue weighted by atomic mass is 9.83. The number of rotatable bonds is 8. The van der Waals surface area contributed by atoms with E-state index in [1.54, 1.807) is 0 Å². The lowest BCUT2D eigenvalue weighted by Gasteiger charge is -2.20. The summed E-state index contributed by atoms with van der Waals surface area (Å²) in [5.41, 5.74) is 19.2. The molecule has 0 heterocycles. The second kappa shape index (κ2) is 21.0. The van der Waals surface area contributed by atoms with Gasteiger partial charge in [-0.2, -0.15) is 0 Å². The van der Waals surface area contributed by atoms with Gasteiger partial charge in [-0.1, -0.05) is 291 Å². The molecule has 0 nitrogen and oxygen atoms in total. The third kappa shape index (κ3) is 8.60. The molecular formula is C90H56. The predicted molar refractivity (Wildman–Crippen MR) is 387 cm³/mol. The normalized spacial score (nSPS) is 11.8. The SMILES string of the molecule is c1cc(-c2ccc3c4ccc(-c5cccc(-c6cccc7ccccc67)c5)cc4c4c5cc(-c6cccc(-c7cccc8ccccc78)c6)ccc5c5ccc(-c6cccc(-c7cccc8ccccc78)c6)cc5c4c3c2)cc(-c2cccc3ccccc23)c1. The summed E-state index contributed by atoms with van der Waals surface area (Å²) in [7, 11) is 0. The fourth-order valence-electron chi connectivity index (χ4n) is 14.9. The van der Waals surface area contributed by atoms with Crippen molar-refractivity contribution in [3.8, 4) is 89.0 Å². The summed E-state index contributed by atoms with van der Waals surface area (Å²) in [4.78, 5) is 0. The average molecular weight is 1140 g/mol. The Bertz CT molecular complexity index is 5230. The molecule has 0 aliphatic heterocycles. The van der Waals surface area contributed by atoms with Crippen molar-refractivity contribution in [1.29, 1.82) is 0 Å². The van der Waals surface area contributed by atoms with E-state index in [-0.39, 0.29) is 0 Å². The third-order valence-corrected chi connectivity index (χ3v) is 19.2. The second-order valence-electron chi connectivity index (χ2n) is 24.2. The molecule has 0 N–H and O–H groups in total. The van der Waals surface area contributed by atoms with Gasteiger partial charge in [-0.15, -0.1) is 0 Å². The van der Waals surface area contributed by atoms with Gasteiger partial charge in [0.1, 0.15) is 0 Å². The molecule has 0 saturated carbocycles. The van der Waals surface area contributed by atoms with Crippen molar-refractivity contribution in [1.82, 2.24) is 0 Å². The van der Waals surface area contributed by atoms with Gasteiger partial charge in [0.15, 0.2) is 0 Å². The Morgan fingerprint density at radius 3 is 0.567 bits per heavy atom. The van der Waals surface area contributed by atoms with Crippen LogP contribution in [-0.4, -0.2) is 0 Å². The van der Waals surface area contributed by atoms with Crippen LogP contribution in [-0.2, 0) is 0 Å². The Morgan fingerprint density at radius 1 is 0.111 bits per heavy atom. The molecule has 0 unspecified atom stereocenters. The molecule has 0 aliphatic rings. The van der Waals surface area contributed by atoms with Gasteiger partial charge in [0.05, 0.1) is 0 Å². The van der Waals surface area contributed by atoms with Crippen LogP contribution in [0.2, 0.25) is 0 Å². The number of benzene rings is 18. The molecule has 0 saturated heterocycles. The maximum absolute atomic E-state index is 2.50. The summed E-state index contributed by atoms with van der Waals surface area (Å²) in [5, 5.41) is 22.3. The van der Waals surface area contributed by atoms with Crippen molar-refractivity contribution in [2.24, 2.45) is 0 Å². The van der Waals surface area contributed by atoms with Crippen molar-refractivity contribution >= 4 is 97.0 Å². The summed E-state index contributed by atoms with van der Waals surface area (Å²) >= 11 is 0. The minimum absolute atomic E-state index is 1.18. The van der Waals surface area contributed by atoms with Crippen LogP contribution in [0.3, 0.4) is 0 Å². The standard InChI is InChI=1S/C90H56/c1-5-33-73-57(17-1)21-13-37-77(73)69-29-9-25-61(49-69)65-41-45-81-82-46-42-67(63-27-11-31-71(51-63)79-39-15-23-59-19-3-7-35-75(59)79)55-87(82)90-88-56-68(64-28-12-32-72(52-64)80-40-16-24-60-20-4-8-36-76(60)80)44-48-84(88)83-47-43-66(54-86(83)89(90)85(81)53-65)62-26-10-30-70(50-62)78-38-14-22-58-18-2-6-34-74(58)78/h1-56H. The first-order valence-electron chi connectivity index (χ1n) is 31.3. The Hall–Kier alpha value is -11.7.